The molecular weight excluding hydrogens is 378 g/mol. The molecule has 1 fully saturated rings. The van der Waals surface area contributed by atoms with Gasteiger partial charge in [-0.15, -0.1) is 0 Å². The molecule has 30 heavy (non-hydrogen) atoms. The van der Waals surface area contributed by atoms with Gasteiger partial charge in [0.1, 0.15) is 17.6 Å². The van der Waals surface area contributed by atoms with Crippen LogP contribution in [0, 0.1) is 17.2 Å². The molecule has 1 aliphatic heterocycles. The number of hydrogen-bond acceptors (Lipinski definition) is 5. The number of methoxy groups -OCH3 is 2. The highest BCUT2D eigenvalue weighted by Crippen LogP contribution is 2.27. The van der Waals surface area contributed by atoms with Crippen molar-refractivity contribution in [1.29, 1.82) is 5.26 Å². The number of nitriles is 1. The Labute approximate surface area is 178 Å². The minimum atomic E-state index is -0.0698. The summed E-state index contributed by atoms with van der Waals surface area (Å²) in [6.07, 6.45) is 4.28. The molecule has 6 nitrogen and oxygen atoms in total. The van der Waals surface area contributed by atoms with Crippen molar-refractivity contribution >= 4 is 11.6 Å². The van der Waals surface area contributed by atoms with Crippen LogP contribution < -0.4 is 14.8 Å². The van der Waals surface area contributed by atoms with E-state index in [0.29, 0.717) is 23.7 Å². The Bertz CT molecular complexity index is 877. The van der Waals surface area contributed by atoms with E-state index in [1.54, 1.807) is 32.4 Å². The van der Waals surface area contributed by atoms with Gasteiger partial charge in [0.25, 0.3) is 0 Å². The Balaban J connectivity index is 1.44. The summed E-state index contributed by atoms with van der Waals surface area (Å²) in [6.45, 7) is 2.19. The molecule has 2 aromatic carbocycles. The lowest BCUT2D eigenvalue weighted by Gasteiger charge is -2.31. The number of anilines is 1. The standard InChI is InChI=1S/C24H29N3O3/c1-29-21-13-19(14-22(15-21)30-2)8-7-18-9-11-27(12-10-18)17-24(28)26-23-6-4-3-5-20(23)16-25/h3-6,13-15,18H,7-12,17H2,1-2H3,(H,26,28). The number of carbonyl (C=O) groups excluding carboxylic acids is 1. The molecule has 1 heterocycles. The molecule has 1 amide bonds. The van der Waals surface area contributed by atoms with Crippen LogP contribution in [0.25, 0.3) is 0 Å². The van der Waals surface area contributed by atoms with E-state index in [2.05, 4.69) is 28.4 Å². The number of benzene rings is 2. The second-order valence-electron chi connectivity index (χ2n) is 7.68. The smallest absolute Gasteiger partial charge is 0.238 e. The van der Waals surface area contributed by atoms with Gasteiger partial charge < -0.3 is 14.8 Å². The number of rotatable bonds is 8. The summed E-state index contributed by atoms with van der Waals surface area (Å²) in [7, 11) is 3.34. The predicted molar refractivity (Wildman–Crippen MR) is 117 cm³/mol. The fraction of sp³-hybridized carbons (Fsp3) is 0.417. The molecule has 3 rings (SSSR count). The van der Waals surface area contributed by atoms with E-state index in [1.807, 2.05) is 12.1 Å². The van der Waals surface area contributed by atoms with Crippen LogP contribution >= 0.6 is 0 Å². The Morgan fingerprint density at radius 3 is 2.43 bits per heavy atom. The third kappa shape index (κ3) is 5.98. The molecular formula is C24H29N3O3. The third-order valence-corrected chi connectivity index (χ3v) is 5.65. The molecule has 0 spiro atoms. The van der Waals surface area contributed by atoms with Crippen molar-refractivity contribution in [3.05, 3.63) is 53.6 Å². The molecule has 158 valence electrons. The summed E-state index contributed by atoms with van der Waals surface area (Å²) in [5.41, 5.74) is 2.29. The lowest BCUT2D eigenvalue weighted by atomic mass is 9.90. The van der Waals surface area contributed by atoms with Crippen LogP contribution in [-0.4, -0.2) is 44.7 Å². The van der Waals surface area contributed by atoms with Crippen molar-refractivity contribution < 1.29 is 14.3 Å². The van der Waals surface area contributed by atoms with E-state index in [0.717, 1.165) is 50.3 Å². The molecule has 0 unspecified atom stereocenters. The monoisotopic (exact) mass is 407 g/mol. The van der Waals surface area contributed by atoms with Gasteiger partial charge in [0.2, 0.25) is 5.91 Å². The molecule has 0 bridgehead atoms. The van der Waals surface area contributed by atoms with Gasteiger partial charge in [-0.25, -0.2) is 0 Å². The SMILES string of the molecule is COc1cc(CCC2CCN(CC(=O)Nc3ccccc3C#N)CC2)cc(OC)c1. The first kappa shape index (κ1) is 21.7. The first-order chi connectivity index (χ1) is 14.6. The Kier molecular flexibility index (Phi) is 7.69. The van der Waals surface area contributed by atoms with Crippen molar-refractivity contribution in [3.63, 3.8) is 0 Å². The summed E-state index contributed by atoms with van der Waals surface area (Å²) in [4.78, 5) is 14.6. The zero-order valence-corrected chi connectivity index (χ0v) is 17.7. The van der Waals surface area contributed by atoms with Crippen molar-refractivity contribution in [2.45, 2.75) is 25.7 Å². The minimum Gasteiger partial charge on any atom is -0.497 e. The molecule has 6 heteroatoms. The number of hydrogen-bond donors (Lipinski definition) is 1. The highest BCUT2D eigenvalue weighted by molar-refractivity contribution is 5.93. The number of para-hydroxylation sites is 1. The molecule has 0 aliphatic carbocycles. The minimum absolute atomic E-state index is 0.0698. The quantitative estimate of drug-likeness (QED) is 0.719. The predicted octanol–water partition coefficient (Wildman–Crippen LogP) is 3.86. The maximum atomic E-state index is 12.4. The lowest BCUT2D eigenvalue weighted by molar-refractivity contribution is -0.117. The van der Waals surface area contributed by atoms with Crippen LogP contribution in [0.1, 0.15) is 30.4 Å². The summed E-state index contributed by atoms with van der Waals surface area (Å²) in [6, 6.07) is 15.2. The molecule has 1 saturated heterocycles. The molecule has 1 N–H and O–H groups in total. The van der Waals surface area contributed by atoms with Crippen LogP contribution in [0.5, 0.6) is 11.5 Å². The summed E-state index contributed by atoms with van der Waals surface area (Å²) in [5.74, 6) is 2.23. The number of carbonyl (C=O) groups is 1. The van der Waals surface area contributed by atoms with Crippen molar-refractivity contribution in [2.75, 3.05) is 39.2 Å². The van der Waals surface area contributed by atoms with Crippen LogP contribution in [0.2, 0.25) is 0 Å². The van der Waals surface area contributed by atoms with Gasteiger partial charge in [-0.3, -0.25) is 9.69 Å². The van der Waals surface area contributed by atoms with Crippen molar-refractivity contribution in [1.82, 2.24) is 4.90 Å². The van der Waals surface area contributed by atoms with Gasteiger partial charge in [0, 0.05) is 6.07 Å². The van der Waals surface area contributed by atoms with Gasteiger partial charge in [0.15, 0.2) is 0 Å². The lowest BCUT2D eigenvalue weighted by Crippen LogP contribution is -2.39. The number of piperidine rings is 1. The zero-order chi connectivity index (χ0) is 21.3. The first-order valence-corrected chi connectivity index (χ1v) is 10.3. The Morgan fingerprint density at radius 2 is 1.80 bits per heavy atom. The molecule has 0 radical (unpaired) electrons. The average Bonchev–Trinajstić information content (AvgIpc) is 2.78. The van der Waals surface area contributed by atoms with Crippen LogP contribution in [-0.2, 0) is 11.2 Å². The fourth-order valence-corrected chi connectivity index (χ4v) is 3.90. The molecule has 2 aromatic rings. The average molecular weight is 408 g/mol. The summed E-state index contributed by atoms with van der Waals surface area (Å²) >= 11 is 0. The van der Waals surface area contributed by atoms with Gasteiger partial charge in [0.05, 0.1) is 32.0 Å². The van der Waals surface area contributed by atoms with Gasteiger partial charge in [-0.1, -0.05) is 12.1 Å². The molecule has 0 saturated carbocycles. The van der Waals surface area contributed by atoms with E-state index >= 15 is 0 Å². The number of amides is 1. The second-order valence-corrected chi connectivity index (χ2v) is 7.68. The van der Waals surface area contributed by atoms with Gasteiger partial charge in [-0.05, 0) is 74.5 Å². The number of nitrogens with one attached hydrogen (secondary N) is 1. The fourth-order valence-electron chi connectivity index (χ4n) is 3.90. The third-order valence-electron chi connectivity index (χ3n) is 5.65. The number of ether oxygens (including phenoxy) is 2. The van der Waals surface area contributed by atoms with Crippen LogP contribution in [0.15, 0.2) is 42.5 Å². The van der Waals surface area contributed by atoms with Crippen LogP contribution in [0.3, 0.4) is 0 Å². The highest BCUT2D eigenvalue weighted by Gasteiger charge is 2.21. The van der Waals surface area contributed by atoms with Crippen molar-refractivity contribution in [3.8, 4) is 17.6 Å². The van der Waals surface area contributed by atoms with Crippen molar-refractivity contribution in [2.24, 2.45) is 5.92 Å². The number of likely N-dealkylation sites (tertiary alicyclic amines) is 1. The van der Waals surface area contributed by atoms with E-state index < -0.39 is 0 Å². The maximum absolute atomic E-state index is 12.4. The highest BCUT2D eigenvalue weighted by atomic mass is 16.5. The van der Waals surface area contributed by atoms with Crippen LogP contribution in [0.4, 0.5) is 5.69 Å². The summed E-state index contributed by atoms with van der Waals surface area (Å²) in [5, 5.41) is 12.0. The molecule has 0 atom stereocenters. The zero-order valence-electron chi connectivity index (χ0n) is 17.7. The molecule has 0 aromatic heterocycles. The second kappa shape index (κ2) is 10.7. The van der Waals surface area contributed by atoms with E-state index in [9.17, 15) is 4.79 Å². The van der Waals surface area contributed by atoms with Gasteiger partial charge >= 0.3 is 0 Å². The van der Waals surface area contributed by atoms with Gasteiger partial charge in [-0.2, -0.15) is 5.26 Å². The van der Waals surface area contributed by atoms with E-state index in [1.165, 1.54) is 5.56 Å². The van der Waals surface area contributed by atoms with E-state index in [4.69, 9.17) is 14.7 Å². The maximum Gasteiger partial charge on any atom is 0.238 e. The largest absolute Gasteiger partial charge is 0.497 e. The Morgan fingerprint density at radius 1 is 1.13 bits per heavy atom. The number of nitrogens with zero attached hydrogens (tertiary/aromatic N) is 2. The normalized spacial score (nSPS) is 14.7. The number of aryl methyl sites for hydroxylation is 1. The first-order valence-electron chi connectivity index (χ1n) is 10.3. The Hall–Kier alpha value is -3.04. The summed E-state index contributed by atoms with van der Waals surface area (Å²) < 4.78 is 10.7. The van der Waals surface area contributed by atoms with E-state index in [-0.39, 0.29) is 5.91 Å². The topological polar surface area (TPSA) is 74.6 Å². The molecule has 1 aliphatic rings.